The molecule has 134 valence electrons. The smallest absolute Gasteiger partial charge is 0.250 e. The third kappa shape index (κ3) is 4.27. The summed E-state index contributed by atoms with van der Waals surface area (Å²) in [6, 6.07) is 12.0. The highest BCUT2D eigenvalue weighted by Crippen LogP contribution is 2.28. The Bertz CT molecular complexity index is 1080. The molecule has 0 atom stereocenters. The standard InChI is InChI=1S/C18H16N2O4S2/c1-24-13-6-3-12(4-7-13)5-10-17(21)20-18-19-15-9-8-14(26(2,22)23)11-16(15)25-18/h3-11H,1-2H3,(H,19,20,21). The van der Waals surface area contributed by atoms with Crippen molar-refractivity contribution in [2.75, 3.05) is 18.7 Å². The molecule has 0 aliphatic heterocycles. The monoisotopic (exact) mass is 388 g/mol. The fourth-order valence-electron chi connectivity index (χ4n) is 2.22. The topological polar surface area (TPSA) is 85.4 Å². The van der Waals surface area contributed by atoms with Crippen LogP contribution in [0.3, 0.4) is 0 Å². The van der Waals surface area contributed by atoms with Gasteiger partial charge in [-0.25, -0.2) is 13.4 Å². The number of thiazole rings is 1. The molecule has 0 radical (unpaired) electrons. The molecule has 1 N–H and O–H groups in total. The zero-order chi connectivity index (χ0) is 18.7. The third-order valence-corrected chi connectivity index (χ3v) is 5.60. The first-order chi connectivity index (χ1) is 12.3. The molecular formula is C18H16N2O4S2. The molecule has 0 saturated heterocycles. The van der Waals surface area contributed by atoms with E-state index in [4.69, 9.17) is 4.74 Å². The van der Waals surface area contributed by atoms with Crippen molar-refractivity contribution in [3.05, 3.63) is 54.1 Å². The summed E-state index contributed by atoms with van der Waals surface area (Å²) in [6.45, 7) is 0. The second-order valence-electron chi connectivity index (χ2n) is 5.52. The number of fused-ring (bicyclic) bond motifs is 1. The molecule has 0 unspecified atom stereocenters. The van der Waals surface area contributed by atoms with E-state index in [0.717, 1.165) is 17.6 Å². The average Bonchev–Trinajstić information content (AvgIpc) is 3.01. The van der Waals surface area contributed by atoms with Crippen LogP contribution in [0.5, 0.6) is 5.75 Å². The van der Waals surface area contributed by atoms with Gasteiger partial charge in [0, 0.05) is 12.3 Å². The number of benzene rings is 2. The van der Waals surface area contributed by atoms with Gasteiger partial charge in [-0.15, -0.1) is 0 Å². The normalized spacial score (nSPS) is 11.8. The predicted octanol–water partition coefficient (Wildman–Crippen LogP) is 3.36. The first-order valence-corrected chi connectivity index (χ1v) is 10.3. The van der Waals surface area contributed by atoms with E-state index in [9.17, 15) is 13.2 Å². The summed E-state index contributed by atoms with van der Waals surface area (Å²) >= 11 is 1.22. The van der Waals surface area contributed by atoms with Crippen LogP contribution >= 0.6 is 11.3 Å². The molecule has 0 fully saturated rings. The zero-order valence-corrected chi connectivity index (χ0v) is 15.7. The summed E-state index contributed by atoms with van der Waals surface area (Å²) in [4.78, 5) is 16.6. The minimum absolute atomic E-state index is 0.228. The van der Waals surface area contributed by atoms with Crippen LogP contribution in [-0.4, -0.2) is 32.7 Å². The Kier molecular flexibility index (Phi) is 5.06. The number of carbonyl (C=O) groups is 1. The molecule has 1 heterocycles. The highest BCUT2D eigenvalue weighted by atomic mass is 32.2. The van der Waals surface area contributed by atoms with Crippen LogP contribution in [0.1, 0.15) is 5.56 Å². The van der Waals surface area contributed by atoms with Gasteiger partial charge in [-0.1, -0.05) is 23.5 Å². The van der Waals surface area contributed by atoms with Gasteiger partial charge < -0.3 is 4.74 Å². The minimum atomic E-state index is -3.28. The SMILES string of the molecule is COc1ccc(C=CC(=O)Nc2nc3ccc(S(C)(=O)=O)cc3s2)cc1. The number of hydrogen-bond acceptors (Lipinski definition) is 6. The van der Waals surface area contributed by atoms with Crippen molar-refractivity contribution in [2.45, 2.75) is 4.90 Å². The van der Waals surface area contributed by atoms with E-state index in [1.165, 1.54) is 23.5 Å². The van der Waals surface area contributed by atoms with Crippen LogP contribution in [0.15, 0.2) is 53.4 Å². The average molecular weight is 388 g/mol. The van der Waals surface area contributed by atoms with E-state index in [-0.39, 0.29) is 10.8 Å². The molecule has 0 bridgehead atoms. The molecule has 6 nitrogen and oxygen atoms in total. The number of anilines is 1. The molecule has 0 aliphatic carbocycles. The number of aromatic nitrogens is 1. The largest absolute Gasteiger partial charge is 0.497 e. The molecule has 1 amide bonds. The first kappa shape index (κ1) is 18.1. The highest BCUT2D eigenvalue weighted by molar-refractivity contribution is 7.90. The number of methoxy groups -OCH3 is 1. The van der Waals surface area contributed by atoms with Crippen LogP contribution in [0.4, 0.5) is 5.13 Å². The van der Waals surface area contributed by atoms with Crippen molar-refractivity contribution >= 4 is 48.5 Å². The number of hydrogen-bond donors (Lipinski definition) is 1. The Balaban J connectivity index is 1.73. The molecule has 2 aromatic carbocycles. The maximum absolute atomic E-state index is 12.1. The summed E-state index contributed by atoms with van der Waals surface area (Å²) in [6.07, 6.45) is 4.25. The van der Waals surface area contributed by atoms with Gasteiger partial charge in [0.2, 0.25) is 5.91 Å². The van der Waals surface area contributed by atoms with Crippen molar-refractivity contribution in [2.24, 2.45) is 0 Å². The Morgan fingerprint density at radius 2 is 1.92 bits per heavy atom. The van der Waals surface area contributed by atoms with Gasteiger partial charge >= 0.3 is 0 Å². The van der Waals surface area contributed by atoms with Crippen molar-refractivity contribution in [3.8, 4) is 5.75 Å². The Morgan fingerprint density at radius 1 is 1.19 bits per heavy atom. The van der Waals surface area contributed by atoms with Crippen LogP contribution in [0.25, 0.3) is 16.3 Å². The Labute approximate surface area is 155 Å². The van der Waals surface area contributed by atoms with Gasteiger partial charge in [-0.2, -0.15) is 0 Å². The quantitative estimate of drug-likeness (QED) is 0.678. The lowest BCUT2D eigenvalue weighted by molar-refractivity contribution is -0.111. The van der Waals surface area contributed by atoms with Gasteiger partial charge in [0.1, 0.15) is 5.75 Å². The third-order valence-electron chi connectivity index (χ3n) is 3.56. The summed E-state index contributed by atoms with van der Waals surface area (Å²) < 4.78 is 29.0. The summed E-state index contributed by atoms with van der Waals surface area (Å²) in [7, 11) is -1.69. The van der Waals surface area contributed by atoms with E-state index in [2.05, 4.69) is 10.3 Å². The van der Waals surface area contributed by atoms with Gasteiger partial charge in [0.15, 0.2) is 15.0 Å². The van der Waals surface area contributed by atoms with Gasteiger partial charge in [-0.05, 0) is 42.0 Å². The number of nitrogens with zero attached hydrogens (tertiary/aromatic N) is 1. The molecule has 0 aliphatic rings. The fourth-order valence-corrected chi connectivity index (χ4v) is 3.85. The minimum Gasteiger partial charge on any atom is -0.497 e. The Hall–Kier alpha value is -2.71. The molecule has 3 aromatic rings. The second-order valence-corrected chi connectivity index (χ2v) is 8.56. The van der Waals surface area contributed by atoms with E-state index in [0.29, 0.717) is 15.3 Å². The summed E-state index contributed by atoms with van der Waals surface area (Å²) in [5.41, 5.74) is 1.50. The van der Waals surface area contributed by atoms with Crippen molar-refractivity contribution < 1.29 is 17.9 Å². The van der Waals surface area contributed by atoms with Crippen LogP contribution in [0.2, 0.25) is 0 Å². The molecule has 3 rings (SSSR count). The van der Waals surface area contributed by atoms with E-state index >= 15 is 0 Å². The first-order valence-electron chi connectivity index (χ1n) is 7.59. The predicted molar refractivity (Wildman–Crippen MR) is 103 cm³/mol. The van der Waals surface area contributed by atoms with Crippen molar-refractivity contribution in [1.82, 2.24) is 4.98 Å². The van der Waals surface area contributed by atoms with Gasteiger partial charge in [0.05, 0.1) is 22.2 Å². The van der Waals surface area contributed by atoms with E-state index in [1.54, 1.807) is 25.3 Å². The summed E-state index contributed by atoms with van der Waals surface area (Å²) in [5.74, 6) is 0.428. The zero-order valence-electron chi connectivity index (χ0n) is 14.1. The molecular weight excluding hydrogens is 372 g/mol. The summed E-state index contributed by atoms with van der Waals surface area (Å²) in [5, 5.41) is 3.10. The lowest BCUT2D eigenvalue weighted by atomic mass is 10.2. The van der Waals surface area contributed by atoms with Crippen LogP contribution in [0, 0.1) is 0 Å². The second kappa shape index (κ2) is 7.27. The van der Waals surface area contributed by atoms with E-state index in [1.807, 2.05) is 24.3 Å². The number of amides is 1. The van der Waals surface area contributed by atoms with E-state index < -0.39 is 9.84 Å². The lowest BCUT2D eigenvalue weighted by Crippen LogP contribution is -2.07. The molecule has 1 aromatic heterocycles. The van der Waals surface area contributed by atoms with Gasteiger partial charge in [-0.3, -0.25) is 10.1 Å². The number of rotatable bonds is 5. The molecule has 26 heavy (non-hydrogen) atoms. The number of sulfone groups is 1. The van der Waals surface area contributed by atoms with Crippen LogP contribution in [-0.2, 0) is 14.6 Å². The van der Waals surface area contributed by atoms with Crippen molar-refractivity contribution in [3.63, 3.8) is 0 Å². The Morgan fingerprint density at radius 3 is 2.58 bits per heavy atom. The number of carbonyl (C=O) groups excluding carboxylic acids is 1. The maximum atomic E-state index is 12.1. The number of ether oxygens (including phenoxy) is 1. The van der Waals surface area contributed by atoms with Gasteiger partial charge in [0.25, 0.3) is 0 Å². The maximum Gasteiger partial charge on any atom is 0.250 e. The molecule has 0 saturated carbocycles. The fraction of sp³-hybridized carbons (Fsp3) is 0.111. The number of nitrogens with one attached hydrogen (secondary N) is 1. The van der Waals surface area contributed by atoms with Crippen LogP contribution < -0.4 is 10.1 Å². The van der Waals surface area contributed by atoms with Crippen molar-refractivity contribution in [1.29, 1.82) is 0 Å². The molecule has 0 spiro atoms. The highest BCUT2D eigenvalue weighted by Gasteiger charge is 2.11. The molecule has 8 heteroatoms. The lowest BCUT2D eigenvalue weighted by Gasteiger charge is -1.99.